The molecule has 1 aliphatic heterocycles. The molecule has 1 aromatic heterocycles. The summed E-state index contributed by atoms with van der Waals surface area (Å²) in [4.78, 5) is 49.3. The van der Waals surface area contributed by atoms with Gasteiger partial charge in [0, 0.05) is 35.9 Å². The number of aromatic nitrogens is 2. The van der Waals surface area contributed by atoms with Crippen LogP contribution in [0.2, 0.25) is 0 Å². The summed E-state index contributed by atoms with van der Waals surface area (Å²) in [7, 11) is 0. The van der Waals surface area contributed by atoms with E-state index in [1.807, 2.05) is 0 Å². The quantitative estimate of drug-likeness (QED) is 0.575. The first-order valence-corrected chi connectivity index (χ1v) is 8.32. The Balaban J connectivity index is 2.09. The minimum Gasteiger partial charge on any atom is -0.477 e. The Morgan fingerprint density at radius 2 is 1.97 bits per heavy atom. The number of hydrazone groups is 1. The van der Waals surface area contributed by atoms with Crippen LogP contribution in [0.15, 0.2) is 40.4 Å². The zero-order valence-corrected chi connectivity index (χ0v) is 15.0. The van der Waals surface area contributed by atoms with E-state index in [0.29, 0.717) is 11.5 Å². The number of carbonyl (C=O) groups is 1. The lowest BCUT2D eigenvalue weighted by Gasteiger charge is -2.23. The van der Waals surface area contributed by atoms with Crippen LogP contribution in [0.4, 0.5) is 11.4 Å². The van der Waals surface area contributed by atoms with Crippen molar-refractivity contribution in [3.8, 4) is 0 Å². The molecule has 0 aliphatic carbocycles. The van der Waals surface area contributed by atoms with Crippen LogP contribution < -0.4 is 10.7 Å². The molecule has 1 atom stereocenters. The molecule has 1 aliphatic rings. The predicted octanol–water partition coefficient (Wildman–Crippen LogP) is 1.61. The molecule has 0 amide bonds. The third kappa shape index (κ3) is 3.65. The number of carboxylic acids is 1. The summed E-state index contributed by atoms with van der Waals surface area (Å²) in [6.07, 6.45) is 1.55. The van der Waals surface area contributed by atoms with Gasteiger partial charge in [-0.3, -0.25) is 19.5 Å². The molecule has 13 heteroatoms. The van der Waals surface area contributed by atoms with E-state index in [4.69, 9.17) is 5.11 Å². The average Bonchev–Trinajstić information content (AvgIpc) is 2.67. The van der Waals surface area contributed by atoms with Gasteiger partial charge in [0.05, 0.1) is 15.1 Å². The average molecular weight is 402 g/mol. The number of rotatable bonds is 5. The smallest absolute Gasteiger partial charge is 0.342 e. The zero-order valence-electron chi connectivity index (χ0n) is 15.0. The van der Waals surface area contributed by atoms with Gasteiger partial charge in [0.1, 0.15) is 11.3 Å². The molecule has 3 rings (SSSR count). The summed E-state index contributed by atoms with van der Waals surface area (Å²) >= 11 is 0. The van der Waals surface area contributed by atoms with Crippen LogP contribution in [-0.2, 0) is 0 Å². The maximum atomic E-state index is 12.5. The minimum absolute atomic E-state index is 0.0347. The fourth-order valence-corrected chi connectivity index (χ4v) is 2.93. The molecular formula is C16H14N6O7. The van der Waals surface area contributed by atoms with Crippen molar-refractivity contribution >= 4 is 23.1 Å². The van der Waals surface area contributed by atoms with Crippen molar-refractivity contribution in [3.05, 3.63) is 72.4 Å². The summed E-state index contributed by atoms with van der Waals surface area (Å²) < 4.78 is 1.15. The van der Waals surface area contributed by atoms with E-state index in [0.717, 1.165) is 22.9 Å². The van der Waals surface area contributed by atoms with Crippen LogP contribution in [0.3, 0.4) is 0 Å². The van der Waals surface area contributed by atoms with E-state index >= 15 is 0 Å². The maximum absolute atomic E-state index is 12.5. The number of nitrogens with zero attached hydrogens (tertiary/aromatic N) is 6. The lowest BCUT2D eigenvalue weighted by Crippen LogP contribution is -2.38. The number of nitro groups is 2. The highest BCUT2D eigenvalue weighted by atomic mass is 16.7. The number of nitro benzene ring substituents is 1. The van der Waals surface area contributed by atoms with Crippen molar-refractivity contribution in [2.24, 2.45) is 5.10 Å². The monoisotopic (exact) mass is 402 g/mol. The van der Waals surface area contributed by atoms with E-state index < -0.39 is 27.0 Å². The van der Waals surface area contributed by atoms with Gasteiger partial charge >= 0.3 is 5.97 Å². The molecule has 1 N–H and O–H groups in total. The number of aromatic carboxylic acids is 1. The van der Waals surface area contributed by atoms with Crippen LogP contribution >= 0.6 is 0 Å². The van der Waals surface area contributed by atoms with Gasteiger partial charge in [-0.25, -0.2) is 9.78 Å². The summed E-state index contributed by atoms with van der Waals surface area (Å²) in [5, 5.41) is 35.0. The molecule has 13 nitrogen and oxygen atoms in total. The summed E-state index contributed by atoms with van der Waals surface area (Å²) in [5.41, 5.74) is -1.44. The fraction of sp³-hybridized carbons (Fsp3) is 0.250. The molecule has 0 radical (unpaired) electrons. The lowest BCUT2D eigenvalue weighted by atomic mass is 10.0. The number of benzene rings is 1. The van der Waals surface area contributed by atoms with E-state index in [1.54, 1.807) is 6.92 Å². The first-order valence-electron chi connectivity index (χ1n) is 8.32. The Morgan fingerprint density at radius 3 is 2.52 bits per heavy atom. The second-order valence-electron chi connectivity index (χ2n) is 6.21. The third-order valence-corrected chi connectivity index (χ3v) is 4.38. The number of fused-ring (bicyclic) bond motifs is 1. The highest BCUT2D eigenvalue weighted by molar-refractivity contribution is 5.99. The minimum atomic E-state index is -1.42. The number of hydrogen-bond donors (Lipinski definition) is 1. The van der Waals surface area contributed by atoms with Crippen molar-refractivity contribution in [1.29, 1.82) is 0 Å². The topological polar surface area (TPSA) is 174 Å². The summed E-state index contributed by atoms with van der Waals surface area (Å²) in [6, 6.07) is 4.18. The van der Waals surface area contributed by atoms with Gasteiger partial charge in [-0.2, -0.15) is 0 Å². The second kappa shape index (κ2) is 7.46. The molecule has 1 aromatic carbocycles. The number of non-ortho nitro benzene ring substituents is 1. The lowest BCUT2D eigenvalue weighted by molar-refractivity contribution is -0.495. The van der Waals surface area contributed by atoms with Gasteiger partial charge in [-0.05, 0) is 25.5 Å². The Bertz CT molecular complexity index is 1090. The van der Waals surface area contributed by atoms with E-state index in [-0.39, 0.29) is 35.4 Å². The number of carboxylic acid groups (broad SMARTS) is 1. The van der Waals surface area contributed by atoms with Crippen molar-refractivity contribution < 1.29 is 19.9 Å². The third-order valence-electron chi connectivity index (χ3n) is 4.38. The highest BCUT2D eigenvalue weighted by Gasteiger charge is 2.31. The van der Waals surface area contributed by atoms with Gasteiger partial charge in [-0.1, -0.05) is 0 Å². The Kier molecular flexibility index (Phi) is 5.04. The van der Waals surface area contributed by atoms with Crippen LogP contribution in [-0.4, -0.2) is 36.3 Å². The number of anilines is 1. The number of hydrazine groups is 1. The van der Waals surface area contributed by atoms with Gasteiger partial charge in [-0.15, -0.1) is 0 Å². The fourth-order valence-electron chi connectivity index (χ4n) is 2.93. The Morgan fingerprint density at radius 1 is 1.31 bits per heavy atom. The molecular weight excluding hydrogens is 388 g/mol. The highest BCUT2D eigenvalue weighted by Crippen LogP contribution is 2.25. The van der Waals surface area contributed by atoms with Gasteiger partial charge in [0.2, 0.25) is 5.71 Å². The SMILES string of the molecule is CC1CCC(=NN(c2ccc([N+](=O)[O-])cc2)[N+](=O)[O-])c2ncc(C(=O)O)c(=O)n21. The largest absolute Gasteiger partial charge is 0.477 e. The summed E-state index contributed by atoms with van der Waals surface area (Å²) in [5.74, 6) is -1.39. The molecule has 2 heterocycles. The molecule has 0 fully saturated rings. The zero-order chi connectivity index (χ0) is 21.3. The van der Waals surface area contributed by atoms with Crippen LogP contribution in [0.1, 0.15) is 42.0 Å². The van der Waals surface area contributed by atoms with Crippen molar-refractivity contribution in [2.75, 3.05) is 5.12 Å². The normalized spacial score (nSPS) is 16.9. The van der Waals surface area contributed by atoms with Crippen LogP contribution in [0.5, 0.6) is 0 Å². The summed E-state index contributed by atoms with van der Waals surface area (Å²) in [6.45, 7) is 1.70. The number of hydrogen-bond acceptors (Lipinski definition) is 8. The van der Waals surface area contributed by atoms with Gasteiger partial charge < -0.3 is 15.2 Å². The van der Waals surface area contributed by atoms with E-state index in [1.165, 1.54) is 12.1 Å². The van der Waals surface area contributed by atoms with Gasteiger partial charge in [0.15, 0.2) is 5.82 Å². The molecule has 0 spiro atoms. The molecule has 0 bridgehead atoms. The van der Waals surface area contributed by atoms with E-state index in [9.17, 15) is 29.8 Å². The standard InChI is InChI=1S/C16H14N6O7/c1-9-2-7-13(14-17-8-12(16(24)25)15(23)19(9)14)18-20(22(28)29)10-3-5-11(6-4-10)21(26)27/h3-6,8-9H,2,7H2,1H3,(H,24,25). The molecule has 150 valence electrons. The molecule has 0 saturated carbocycles. The maximum Gasteiger partial charge on any atom is 0.342 e. The first-order chi connectivity index (χ1) is 13.7. The molecule has 1 unspecified atom stereocenters. The van der Waals surface area contributed by atoms with E-state index in [2.05, 4.69) is 10.1 Å². The second-order valence-corrected chi connectivity index (χ2v) is 6.21. The van der Waals surface area contributed by atoms with Crippen molar-refractivity contribution in [1.82, 2.24) is 9.55 Å². The molecule has 2 aromatic rings. The first kappa shape index (κ1) is 19.6. The predicted molar refractivity (Wildman–Crippen MR) is 98.5 cm³/mol. The Labute approximate surface area is 161 Å². The molecule has 29 heavy (non-hydrogen) atoms. The van der Waals surface area contributed by atoms with Crippen molar-refractivity contribution in [3.63, 3.8) is 0 Å². The van der Waals surface area contributed by atoms with Crippen LogP contribution in [0.25, 0.3) is 0 Å². The van der Waals surface area contributed by atoms with Gasteiger partial charge in [0.25, 0.3) is 11.2 Å². The van der Waals surface area contributed by atoms with Crippen molar-refractivity contribution in [2.45, 2.75) is 25.8 Å². The Hall–Kier alpha value is -4.16. The van der Waals surface area contributed by atoms with Crippen LogP contribution in [0, 0.1) is 20.2 Å². The molecule has 0 saturated heterocycles.